The molecule has 0 aliphatic carbocycles. The molecule has 3 aromatic rings. The summed E-state index contributed by atoms with van der Waals surface area (Å²) in [5, 5.41) is 3.49. The van der Waals surface area contributed by atoms with E-state index < -0.39 is 5.60 Å². The molecule has 1 fully saturated rings. The van der Waals surface area contributed by atoms with Gasteiger partial charge in [0.15, 0.2) is 0 Å². The summed E-state index contributed by atoms with van der Waals surface area (Å²) < 4.78 is 7.52. The van der Waals surface area contributed by atoms with Crippen molar-refractivity contribution in [3.63, 3.8) is 0 Å². The highest BCUT2D eigenvalue weighted by Gasteiger charge is 2.28. The minimum Gasteiger partial charge on any atom is -0.444 e. The predicted octanol–water partition coefficient (Wildman–Crippen LogP) is 3.91. The number of nitrogens with one attached hydrogen (secondary N) is 1. The zero-order valence-electron chi connectivity index (χ0n) is 17.9. The van der Waals surface area contributed by atoms with Crippen LogP contribution in [0.25, 0.3) is 17.0 Å². The first-order valence-electron chi connectivity index (χ1n) is 10.3. The second-order valence-electron chi connectivity index (χ2n) is 8.67. The summed E-state index contributed by atoms with van der Waals surface area (Å²) in [4.78, 5) is 28.0. The van der Waals surface area contributed by atoms with E-state index in [-0.39, 0.29) is 12.1 Å². The van der Waals surface area contributed by atoms with E-state index in [4.69, 9.17) is 9.72 Å². The van der Waals surface area contributed by atoms with Crippen LogP contribution in [0.4, 0.5) is 10.6 Å². The molecule has 1 aliphatic heterocycles. The fourth-order valence-corrected chi connectivity index (χ4v) is 3.61. The highest BCUT2D eigenvalue weighted by Crippen LogP contribution is 2.23. The first kappa shape index (κ1) is 20.1. The normalized spacial score (nSPS) is 17.2. The monoisotopic (exact) mass is 408 g/mol. The van der Waals surface area contributed by atoms with Crippen LogP contribution in [0.2, 0.25) is 0 Å². The molecule has 1 saturated heterocycles. The van der Waals surface area contributed by atoms with Crippen LogP contribution >= 0.6 is 0 Å². The molecule has 3 aromatic heterocycles. The Morgan fingerprint density at radius 1 is 1.23 bits per heavy atom. The molecule has 0 bridgehead atoms. The van der Waals surface area contributed by atoms with Crippen LogP contribution in [0.5, 0.6) is 0 Å². The van der Waals surface area contributed by atoms with E-state index in [0.717, 1.165) is 41.4 Å². The van der Waals surface area contributed by atoms with Gasteiger partial charge < -0.3 is 15.0 Å². The average Bonchev–Trinajstić information content (AvgIpc) is 3.13. The molecule has 0 saturated carbocycles. The maximum Gasteiger partial charge on any atom is 0.410 e. The molecule has 0 spiro atoms. The van der Waals surface area contributed by atoms with Crippen molar-refractivity contribution in [2.24, 2.45) is 0 Å². The molecule has 158 valence electrons. The van der Waals surface area contributed by atoms with Crippen LogP contribution < -0.4 is 5.32 Å². The van der Waals surface area contributed by atoms with Crippen molar-refractivity contribution < 1.29 is 9.53 Å². The van der Waals surface area contributed by atoms with E-state index in [1.165, 1.54) is 0 Å². The Labute approximate surface area is 176 Å². The Morgan fingerprint density at radius 2 is 2.07 bits per heavy atom. The fourth-order valence-electron chi connectivity index (χ4n) is 3.61. The summed E-state index contributed by atoms with van der Waals surface area (Å²) in [6, 6.07) is 5.97. The van der Waals surface area contributed by atoms with Crippen LogP contribution in [0.1, 0.15) is 39.3 Å². The molecular weight excluding hydrogens is 380 g/mol. The zero-order valence-corrected chi connectivity index (χ0v) is 17.9. The number of carbonyl (C=O) groups excluding carboxylic acids is 1. The molecule has 4 heterocycles. The van der Waals surface area contributed by atoms with Crippen molar-refractivity contribution in [2.75, 3.05) is 18.4 Å². The number of aromatic nitrogens is 4. The molecule has 1 atom stereocenters. The number of piperidine rings is 1. The van der Waals surface area contributed by atoms with Crippen LogP contribution in [-0.2, 0) is 4.74 Å². The highest BCUT2D eigenvalue weighted by atomic mass is 16.6. The van der Waals surface area contributed by atoms with Gasteiger partial charge in [0.1, 0.15) is 22.8 Å². The number of fused-ring (bicyclic) bond motifs is 1. The number of ether oxygens (including phenoxy) is 1. The number of hydrogen-bond acceptors (Lipinski definition) is 6. The Kier molecular flexibility index (Phi) is 5.32. The highest BCUT2D eigenvalue weighted by molar-refractivity contribution is 5.68. The zero-order chi connectivity index (χ0) is 21.3. The second kappa shape index (κ2) is 7.93. The number of likely N-dealkylation sites (tertiary alicyclic amines) is 1. The first-order chi connectivity index (χ1) is 14.3. The quantitative estimate of drug-likeness (QED) is 0.707. The predicted molar refractivity (Wildman–Crippen MR) is 115 cm³/mol. The van der Waals surface area contributed by atoms with Crippen molar-refractivity contribution in [2.45, 2.75) is 52.2 Å². The SMILES string of the molecule is Cc1ncc(-c2cnc3ccccn23)nc1N[C@@H]1CCCN(C(=O)OC(C)(C)C)C1. The largest absolute Gasteiger partial charge is 0.444 e. The van der Waals surface area contributed by atoms with E-state index in [2.05, 4.69) is 15.3 Å². The lowest BCUT2D eigenvalue weighted by molar-refractivity contribution is 0.0206. The summed E-state index contributed by atoms with van der Waals surface area (Å²) in [5.41, 5.74) is 2.83. The lowest BCUT2D eigenvalue weighted by Crippen LogP contribution is -2.47. The number of nitrogens with zero attached hydrogens (tertiary/aromatic N) is 5. The number of carbonyl (C=O) groups is 1. The number of hydrogen-bond donors (Lipinski definition) is 1. The van der Waals surface area contributed by atoms with Gasteiger partial charge in [-0.25, -0.2) is 14.8 Å². The number of imidazole rings is 1. The maximum atomic E-state index is 12.5. The number of anilines is 1. The third kappa shape index (κ3) is 4.37. The Bertz CT molecular complexity index is 1060. The Hall–Kier alpha value is -3.16. The van der Waals surface area contributed by atoms with Gasteiger partial charge in [-0.3, -0.25) is 9.38 Å². The minimum absolute atomic E-state index is 0.0942. The van der Waals surface area contributed by atoms with Gasteiger partial charge in [-0.15, -0.1) is 0 Å². The lowest BCUT2D eigenvalue weighted by atomic mass is 10.1. The minimum atomic E-state index is -0.498. The van der Waals surface area contributed by atoms with Crippen LogP contribution in [-0.4, -0.2) is 55.1 Å². The summed E-state index contributed by atoms with van der Waals surface area (Å²) in [6.45, 7) is 8.87. The van der Waals surface area contributed by atoms with Gasteiger partial charge in [0.25, 0.3) is 0 Å². The van der Waals surface area contributed by atoms with Gasteiger partial charge in [-0.2, -0.15) is 0 Å². The molecule has 0 unspecified atom stereocenters. The third-order valence-corrected chi connectivity index (χ3v) is 5.05. The van der Waals surface area contributed by atoms with E-state index in [0.29, 0.717) is 13.1 Å². The van der Waals surface area contributed by atoms with E-state index in [1.54, 1.807) is 11.1 Å². The smallest absolute Gasteiger partial charge is 0.410 e. The molecule has 30 heavy (non-hydrogen) atoms. The van der Waals surface area contributed by atoms with Crippen molar-refractivity contribution in [3.8, 4) is 11.4 Å². The first-order valence-corrected chi connectivity index (χ1v) is 10.3. The molecule has 8 heteroatoms. The second-order valence-corrected chi connectivity index (χ2v) is 8.67. The van der Waals surface area contributed by atoms with Crippen molar-refractivity contribution in [1.82, 2.24) is 24.3 Å². The van der Waals surface area contributed by atoms with E-state index >= 15 is 0 Å². The van der Waals surface area contributed by atoms with Crippen LogP contribution in [0, 0.1) is 6.92 Å². The van der Waals surface area contributed by atoms with Crippen molar-refractivity contribution >= 4 is 17.6 Å². The molecule has 8 nitrogen and oxygen atoms in total. The van der Waals surface area contributed by atoms with Crippen molar-refractivity contribution in [1.29, 1.82) is 0 Å². The number of aryl methyl sites for hydroxylation is 1. The standard InChI is InChI=1S/C22H28N6O2/c1-15-20(25-16-8-7-10-27(14-16)21(29)30-22(2,3)4)26-17(12-23-15)18-13-24-19-9-5-6-11-28(18)19/h5-6,9,11-13,16H,7-8,10,14H2,1-4H3,(H,25,26)/t16-/m1/s1. The molecule has 4 rings (SSSR count). The van der Waals surface area contributed by atoms with Gasteiger partial charge >= 0.3 is 6.09 Å². The van der Waals surface area contributed by atoms with Crippen molar-refractivity contribution in [3.05, 3.63) is 42.5 Å². The molecule has 0 radical (unpaired) electrons. The molecule has 1 N–H and O–H groups in total. The molecule has 1 aliphatic rings. The number of pyridine rings is 1. The van der Waals surface area contributed by atoms with Crippen LogP contribution in [0.3, 0.4) is 0 Å². The fraction of sp³-hybridized carbons (Fsp3) is 0.455. The lowest BCUT2D eigenvalue weighted by Gasteiger charge is -2.34. The topological polar surface area (TPSA) is 84.7 Å². The van der Waals surface area contributed by atoms with Gasteiger partial charge in [-0.05, 0) is 52.7 Å². The van der Waals surface area contributed by atoms with Gasteiger partial charge in [-0.1, -0.05) is 6.07 Å². The van der Waals surface area contributed by atoms with Gasteiger partial charge in [0.2, 0.25) is 0 Å². The molecular formula is C22H28N6O2. The third-order valence-electron chi connectivity index (χ3n) is 5.05. The Morgan fingerprint density at radius 3 is 2.87 bits per heavy atom. The summed E-state index contributed by atoms with van der Waals surface area (Å²) in [5.74, 6) is 0.731. The number of rotatable bonds is 3. The average molecular weight is 409 g/mol. The summed E-state index contributed by atoms with van der Waals surface area (Å²) in [6.07, 6.45) is 7.15. The van der Waals surface area contributed by atoms with Gasteiger partial charge in [0, 0.05) is 25.3 Å². The Balaban J connectivity index is 1.52. The summed E-state index contributed by atoms with van der Waals surface area (Å²) >= 11 is 0. The molecule has 1 amide bonds. The number of amides is 1. The van der Waals surface area contributed by atoms with Crippen LogP contribution in [0.15, 0.2) is 36.8 Å². The molecule has 0 aromatic carbocycles. The summed E-state index contributed by atoms with van der Waals surface area (Å²) in [7, 11) is 0. The van der Waals surface area contributed by atoms with E-state index in [9.17, 15) is 4.79 Å². The van der Waals surface area contributed by atoms with E-state index in [1.807, 2.05) is 62.7 Å². The van der Waals surface area contributed by atoms with Gasteiger partial charge in [0.05, 0.1) is 23.8 Å². The maximum absolute atomic E-state index is 12.5.